The summed E-state index contributed by atoms with van der Waals surface area (Å²) >= 11 is 0. The standard InChI is InChI=1S/C35H47NO6/c1-20-10-15-35(40-19-20)21(2)30-29(42-35)18-28-26-9-8-24-17-25(11-13-33(24,3)27(26)12-14-34(28,30)4)41-32(38)23-7-5-6-22(16-23)31(37)36-39/h5-8,16,20-21,25-30,39H,9-15,17-19H2,1-4H3,(H,36,37)/t20-,21+,25+,26-,27+,28+,29+,30+,33+,34+,35-/m1/s1. The van der Waals surface area contributed by atoms with E-state index in [4.69, 9.17) is 19.4 Å². The van der Waals surface area contributed by atoms with Gasteiger partial charge >= 0.3 is 5.97 Å². The van der Waals surface area contributed by atoms with Crippen LogP contribution in [0.3, 0.4) is 0 Å². The van der Waals surface area contributed by atoms with Crippen LogP contribution in [-0.4, -0.2) is 41.7 Å². The summed E-state index contributed by atoms with van der Waals surface area (Å²) < 4.78 is 19.4. The lowest BCUT2D eigenvalue weighted by molar-refractivity contribution is -0.272. The molecule has 6 aliphatic rings. The van der Waals surface area contributed by atoms with E-state index in [0.717, 1.165) is 38.7 Å². The molecule has 0 unspecified atom stereocenters. The van der Waals surface area contributed by atoms with Crippen LogP contribution in [0.4, 0.5) is 0 Å². The zero-order chi connectivity index (χ0) is 29.4. The summed E-state index contributed by atoms with van der Waals surface area (Å²) in [5.41, 5.74) is 4.09. The van der Waals surface area contributed by atoms with Crippen LogP contribution < -0.4 is 5.48 Å². The van der Waals surface area contributed by atoms with Crippen molar-refractivity contribution < 1.29 is 29.0 Å². The SMILES string of the molecule is C[C@@H]1CC[C@@]2(OC1)O[C@H]1C[C@H]3[C@@H]4CC=C5C[C@@H](OC(=O)c6cccc(C(=O)NO)c6)CC[C@]5(C)[C@H]4CC[C@]3(C)[C@H]1[C@@H]2C. The number of rotatable bonds is 3. The van der Waals surface area contributed by atoms with E-state index in [0.29, 0.717) is 52.6 Å². The largest absolute Gasteiger partial charge is 0.458 e. The van der Waals surface area contributed by atoms with Gasteiger partial charge in [0.15, 0.2) is 5.79 Å². The Morgan fingerprint density at radius 3 is 2.62 bits per heavy atom. The molecule has 1 spiro atoms. The van der Waals surface area contributed by atoms with Gasteiger partial charge in [-0.3, -0.25) is 10.0 Å². The Labute approximate surface area is 249 Å². The van der Waals surface area contributed by atoms with E-state index in [1.54, 1.807) is 23.7 Å². The third-order valence-corrected chi connectivity index (χ3v) is 13.1. The minimum Gasteiger partial charge on any atom is -0.458 e. The van der Waals surface area contributed by atoms with Crippen LogP contribution in [0.15, 0.2) is 35.9 Å². The van der Waals surface area contributed by atoms with Gasteiger partial charge < -0.3 is 14.2 Å². The number of hydrogen-bond donors (Lipinski definition) is 2. The van der Waals surface area contributed by atoms with Crippen molar-refractivity contribution in [3.8, 4) is 0 Å². The predicted molar refractivity (Wildman–Crippen MR) is 157 cm³/mol. The lowest BCUT2D eigenvalue weighted by Crippen LogP contribution is -2.52. The quantitative estimate of drug-likeness (QED) is 0.180. The number of carbonyl (C=O) groups excluding carboxylic acids is 2. The van der Waals surface area contributed by atoms with Gasteiger partial charge in [0.2, 0.25) is 0 Å². The minimum absolute atomic E-state index is 0.153. The second-order valence-corrected chi connectivity index (χ2v) is 15.1. The highest BCUT2D eigenvalue weighted by molar-refractivity contribution is 5.97. The van der Waals surface area contributed by atoms with Gasteiger partial charge in [-0.15, -0.1) is 0 Å². The molecule has 42 heavy (non-hydrogen) atoms. The molecule has 1 aromatic carbocycles. The average molecular weight is 578 g/mol. The number of esters is 1. The van der Waals surface area contributed by atoms with Crippen molar-refractivity contribution in [3.05, 3.63) is 47.0 Å². The Hall–Kier alpha value is -2.22. The van der Waals surface area contributed by atoms with Crippen molar-refractivity contribution in [1.29, 1.82) is 0 Å². The molecule has 4 aliphatic carbocycles. The summed E-state index contributed by atoms with van der Waals surface area (Å²) in [6.45, 7) is 10.6. The zero-order valence-electron chi connectivity index (χ0n) is 25.6. The Morgan fingerprint density at radius 2 is 1.86 bits per heavy atom. The monoisotopic (exact) mass is 577 g/mol. The van der Waals surface area contributed by atoms with Gasteiger partial charge in [0.05, 0.1) is 18.3 Å². The molecule has 7 rings (SSSR count). The topological polar surface area (TPSA) is 94.1 Å². The first-order valence-corrected chi connectivity index (χ1v) is 16.3. The number of benzene rings is 1. The molecule has 1 amide bonds. The number of fused-ring (bicyclic) bond motifs is 7. The van der Waals surface area contributed by atoms with Crippen molar-refractivity contribution in [2.75, 3.05) is 6.61 Å². The van der Waals surface area contributed by atoms with Crippen LogP contribution in [0, 0.1) is 46.3 Å². The maximum absolute atomic E-state index is 13.0. The van der Waals surface area contributed by atoms with Gasteiger partial charge in [0, 0.05) is 24.3 Å². The van der Waals surface area contributed by atoms with E-state index in [1.807, 2.05) is 0 Å². The maximum Gasteiger partial charge on any atom is 0.338 e. The van der Waals surface area contributed by atoms with E-state index in [9.17, 15) is 9.59 Å². The second kappa shape index (κ2) is 10.2. The maximum atomic E-state index is 13.0. The van der Waals surface area contributed by atoms with Crippen LogP contribution in [0.1, 0.15) is 106 Å². The molecule has 11 atom stereocenters. The number of allylic oxidation sites excluding steroid dienone is 1. The molecule has 228 valence electrons. The zero-order valence-corrected chi connectivity index (χ0v) is 25.6. The number of ether oxygens (including phenoxy) is 3. The molecule has 7 heteroatoms. The fourth-order valence-electron chi connectivity index (χ4n) is 10.8. The summed E-state index contributed by atoms with van der Waals surface area (Å²) in [5, 5.41) is 8.94. The molecule has 5 fully saturated rings. The number of hydrogen-bond acceptors (Lipinski definition) is 6. The molecule has 2 heterocycles. The van der Waals surface area contributed by atoms with Crippen LogP contribution in [0.2, 0.25) is 0 Å². The highest BCUT2D eigenvalue weighted by Crippen LogP contribution is 2.70. The van der Waals surface area contributed by atoms with Gasteiger partial charge in [0.1, 0.15) is 6.10 Å². The Kier molecular flexibility index (Phi) is 6.91. The van der Waals surface area contributed by atoms with E-state index in [1.165, 1.54) is 37.3 Å². The molecule has 2 saturated heterocycles. The first-order chi connectivity index (χ1) is 20.1. The van der Waals surface area contributed by atoms with Crippen molar-refractivity contribution >= 4 is 11.9 Å². The Morgan fingerprint density at radius 1 is 1.05 bits per heavy atom. The second-order valence-electron chi connectivity index (χ2n) is 15.1. The highest BCUT2D eigenvalue weighted by atomic mass is 16.7. The smallest absolute Gasteiger partial charge is 0.338 e. The Balaban J connectivity index is 1.05. The van der Waals surface area contributed by atoms with Crippen LogP contribution >= 0.6 is 0 Å². The molecule has 7 nitrogen and oxygen atoms in total. The first-order valence-electron chi connectivity index (χ1n) is 16.3. The number of hydroxylamine groups is 1. The fourth-order valence-corrected chi connectivity index (χ4v) is 10.8. The fraction of sp³-hybridized carbons (Fsp3) is 0.714. The summed E-state index contributed by atoms with van der Waals surface area (Å²) in [4.78, 5) is 24.8. The van der Waals surface area contributed by atoms with E-state index < -0.39 is 11.9 Å². The molecular formula is C35H47NO6. The number of nitrogens with one attached hydrogen (secondary N) is 1. The molecule has 1 aromatic rings. The summed E-state index contributed by atoms with van der Waals surface area (Å²) in [7, 11) is 0. The van der Waals surface area contributed by atoms with Crippen LogP contribution in [-0.2, 0) is 14.2 Å². The third kappa shape index (κ3) is 4.24. The molecule has 0 radical (unpaired) electrons. The van der Waals surface area contributed by atoms with Crippen LogP contribution in [0.25, 0.3) is 0 Å². The molecule has 0 aromatic heterocycles. The van der Waals surface area contributed by atoms with E-state index in [2.05, 4.69) is 33.8 Å². The molecule has 3 saturated carbocycles. The molecule has 2 aliphatic heterocycles. The first kappa shape index (κ1) is 28.5. The van der Waals surface area contributed by atoms with Crippen molar-refractivity contribution in [1.82, 2.24) is 5.48 Å². The van der Waals surface area contributed by atoms with E-state index >= 15 is 0 Å². The number of carbonyl (C=O) groups is 2. The average Bonchev–Trinajstić information content (AvgIpc) is 3.44. The summed E-state index contributed by atoms with van der Waals surface area (Å²) in [6, 6.07) is 6.30. The lowest BCUT2D eigenvalue weighted by Gasteiger charge is -2.58. The van der Waals surface area contributed by atoms with Gasteiger partial charge in [0.25, 0.3) is 5.91 Å². The minimum atomic E-state index is -0.646. The van der Waals surface area contributed by atoms with Gasteiger partial charge in [-0.25, -0.2) is 10.3 Å². The van der Waals surface area contributed by atoms with Crippen LogP contribution in [0.5, 0.6) is 0 Å². The summed E-state index contributed by atoms with van der Waals surface area (Å²) in [6.07, 6.45) is 12.4. The number of amides is 1. The molecule has 0 bridgehead atoms. The normalized spacial score (nSPS) is 45.7. The summed E-state index contributed by atoms with van der Waals surface area (Å²) in [5.74, 6) is 2.24. The van der Waals surface area contributed by atoms with Gasteiger partial charge in [-0.2, -0.15) is 0 Å². The van der Waals surface area contributed by atoms with Gasteiger partial charge in [-0.1, -0.05) is 45.4 Å². The Bertz CT molecular complexity index is 1280. The third-order valence-electron chi connectivity index (χ3n) is 13.1. The van der Waals surface area contributed by atoms with Crippen molar-refractivity contribution in [2.24, 2.45) is 46.3 Å². The lowest BCUT2D eigenvalue weighted by atomic mass is 9.47. The van der Waals surface area contributed by atoms with Gasteiger partial charge in [-0.05, 0) is 104 Å². The predicted octanol–water partition coefficient (Wildman–Crippen LogP) is 6.70. The van der Waals surface area contributed by atoms with Crippen molar-refractivity contribution in [2.45, 2.75) is 103 Å². The van der Waals surface area contributed by atoms with E-state index in [-0.39, 0.29) is 22.9 Å². The molecule has 2 N–H and O–H groups in total. The molecular weight excluding hydrogens is 530 g/mol. The van der Waals surface area contributed by atoms with Crippen molar-refractivity contribution in [3.63, 3.8) is 0 Å². The highest BCUT2D eigenvalue weighted by Gasteiger charge is 2.68.